The van der Waals surface area contributed by atoms with Crippen LogP contribution in [0.15, 0.2) is 29.2 Å². The van der Waals surface area contributed by atoms with Crippen LogP contribution in [0.5, 0.6) is 0 Å². The molecule has 1 aromatic heterocycles. The molecule has 4 heteroatoms. The summed E-state index contributed by atoms with van der Waals surface area (Å²) in [6.07, 6.45) is 4.60. The number of aromatic amines is 1. The van der Waals surface area contributed by atoms with E-state index in [9.17, 15) is 9.59 Å². The molecule has 22 heavy (non-hydrogen) atoms. The molecule has 2 aromatic rings. The highest BCUT2D eigenvalue weighted by molar-refractivity contribution is 5.97. The molecule has 1 amide bonds. The molecule has 0 bridgehead atoms. The van der Waals surface area contributed by atoms with Crippen LogP contribution in [0.3, 0.4) is 0 Å². The normalized spacial score (nSPS) is 18.6. The summed E-state index contributed by atoms with van der Waals surface area (Å²) in [5, 5.41) is 0.607. The van der Waals surface area contributed by atoms with Crippen molar-refractivity contribution in [2.24, 2.45) is 5.92 Å². The van der Waals surface area contributed by atoms with Crippen LogP contribution in [0.1, 0.15) is 42.6 Å². The number of carbonyl (C=O) groups excluding carboxylic acids is 1. The summed E-state index contributed by atoms with van der Waals surface area (Å²) in [7, 11) is 0. The molecule has 1 aromatic carbocycles. The van der Waals surface area contributed by atoms with Crippen LogP contribution in [-0.4, -0.2) is 28.9 Å². The van der Waals surface area contributed by atoms with Crippen molar-refractivity contribution in [2.45, 2.75) is 33.1 Å². The van der Waals surface area contributed by atoms with Gasteiger partial charge in [-0.25, -0.2) is 0 Å². The Bertz CT molecular complexity index is 763. The highest BCUT2D eigenvalue weighted by Crippen LogP contribution is 2.19. The van der Waals surface area contributed by atoms with Gasteiger partial charge in [-0.05, 0) is 36.8 Å². The highest BCUT2D eigenvalue weighted by atomic mass is 16.2. The van der Waals surface area contributed by atoms with E-state index in [1.165, 1.54) is 0 Å². The van der Waals surface area contributed by atoms with Gasteiger partial charge in [0.15, 0.2) is 0 Å². The fourth-order valence-electron chi connectivity index (χ4n) is 3.31. The second-order valence-electron chi connectivity index (χ2n) is 6.22. The van der Waals surface area contributed by atoms with Gasteiger partial charge in [-0.15, -0.1) is 0 Å². The predicted octanol–water partition coefficient (Wildman–Crippen LogP) is 2.96. The number of aromatic nitrogens is 1. The van der Waals surface area contributed by atoms with Gasteiger partial charge >= 0.3 is 0 Å². The minimum Gasteiger partial charge on any atom is -0.360 e. The van der Waals surface area contributed by atoms with Gasteiger partial charge in [-0.2, -0.15) is 0 Å². The molecule has 1 fully saturated rings. The van der Waals surface area contributed by atoms with Crippen LogP contribution in [0.4, 0.5) is 0 Å². The van der Waals surface area contributed by atoms with Crippen LogP contribution < -0.4 is 5.43 Å². The second kappa shape index (κ2) is 5.95. The maximum absolute atomic E-state index is 12.7. The van der Waals surface area contributed by atoms with E-state index < -0.39 is 0 Å². The molecule has 0 spiro atoms. The monoisotopic (exact) mass is 298 g/mol. The molecule has 4 nitrogen and oxygen atoms in total. The lowest BCUT2D eigenvalue weighted by molar-refractivity contribution is 0.0681. The molecule has 0 saturated carbocycles. The van der Waals surface area contributed by atoms with Gasteiger partial charge in [0, 0.05) is 24.7 Å². The zero-order valence-corrected chi connectivity index (χ0v) is 13.2. The number of carbonyl (C=O) groups is 1. The Morgan fingerprint density at radius 3 is 2.95 bits per heavy atom. The lowest BCUT2D eigenvalue weighted by Crippen LogP contribution is -2.41. The van der Waals surface area contributed by atoms with Gasteiger partial charge in [-0.1, -0.05) is 26.0 Å². The molecule has 0 radical (unpaired) electrons. The number of fused-ring (bicyclic) bond motifs is 1. The van der Waals surface area contributed by atoms with Gasteiger partial charge in [0.05, 0.1) is 5.52 Å². The molecular weight excluding hydrogens is 276 g/mol. The Labute approximate surface area is 130 Å². The van der Waals surface area contributed by atoms with Gasteiger partial charge in [0.1, 0.15) is 5.56 Å². The Balaban J connectivity index is 2.03. The summed E-state index contributed by atoms with van der Waals surface area (Å²) in [6, 6.07) is 5.68. The summed E-state index contributed by atoms with van der Waals surface area (Å²) in [5.74, 6) is 0.362. The number of H-pyrrole nitrogens is 1. The van der Waals surface area contributed by atoms with Crippen LogP contribution in [0.25, 0.3) is 10.9 Å². The average molecular weight is 298 g/mol. The zero-order valence-electron chi connectivity index (χ0n) is 13.2. The van der Waals surface area contributed by atoms with E-state index in [1.807, 2.05) is 17.0 Å². The number of aryl methyl sites for hydroxylation is 1. The minimum absolute atomic E-state index is 0.142. The predicted molar refractivity (Wildman–Crippen MR) is 88.2 cm³/mol. The maximum Gasteiger partial charge on any atom is 0.259 e. The topological polar surface area (TPSA) is 53.2 Å². The number of nitrogens with zero attached hydrogens (tertiary/aromatic N) is 1. The molecule has 2 heterocycles. The molecule has 1 N–H and O–H groups in total. The fourth-order valence-corrected chi connectivity index (χ4v) is 3.31. The lowest BCUT2D eigenvalue weighted by atomic mass is 9.99. The number of rotatable bonds is 2. The van der Waals surface area contributed by atoms with Crippen molar-refractivity contribution in [3.8, 4) is 0 Å². The van der Waals surface area contributed by atoms with E-state index in [2.05, 4.69) is 18.8 Å². The summed E-state index contributed by atoms with van der Waals surface area (Å²) in [6.45, 7) is 5.69. The lowest BCUT2D eigenvalue weighted by Gasteiger charge is -2.30. The molecular formula is C18H22N2O2. The van der Waals surface area contributed by atoms with Gasteiger partial charge in [0.25, 0.3) is 5.91 Å². The third kappa shape index (κ3) is 2.54. The molecule has 1 saturated heterocycles. The first-order chi connectivity index (χ1) is 10.6. The minimum atomic E-state index is -0.160. The second-order valence-corrected chi connectivity index (χ2v) is 6.22. The maximum atomic E-state index is 12.7. The molecule has 3 rings (SSSR count). The first kappa shape index (κ1) is 14.8. The molecule has 1 aliphatic heterocycles. The number of amides is 1. The SMILES string of the molecule is CCc1cccc2c(=O)c(C(=O)N3CCC[C@@H](C)C3)c[nH]c12. The average Bonchev–Trinajstić information content (AvgIpc) is 2.54. The number of likely N-dealkylation sites (tertiary alicyclic amines) is 1. The largest absolute Gasteiger partial charge is 0.360 e. The molecule has 1 aliphatic rings. The van der Waals surface area contributed by atoms with Gasteiger partial charge < -0.3 is 9.88 Å². The quantitative estimate of drug-likeness (QED) is 0.926. The van der Waals surface area contributed by atoms with Gasteiger partial charge in [0.2, 0.25) is 5.43 Å². The summed E-state index contributed by atoms with van der Waals surface area (Å²) in [5.41, 5.74) is 2.04. The van der Waals surface area contributed by atoms with Crippen molar-refractivity contribution in [3.05, 3.63) is 45.7 Å². The molecule has 0 unspecified atom stereocenters. The molecule has 0 aliphatic carbocycles. The van der Waals surface area contributed by atoms with E-state index in [0.717, 1.165) is 43.4 Å². The smallest absolute Gasteiger partial charge is 0.259 e. The fraction of sp³-hybridized carbons (Fsp3) is 0.444. The van der Waals surface area contributed by atoms with Crippen molar-refractivity contribution in [3.63, 3.8) is 0 Å². The Hall–Kier alpha value is -2.10. The van der Waals surface area contributed by atoms with Crippen molar-refractivity contribution >= 4 is 16.8 Å². The summed E-state index contributed by atoms with van der Waals surface area (Å²) >= 11 is 0. The number of hydrogen-bond acceptors (Lipinski definition) is 2. The van der Waals surface area contributed by atoms with E-state index in [-0.39, 0.29) is 16.9 Å². The van der Waals surface area contributed by atoms with Crippen LogP contribution in [0, 0.1) is 5.92 Å². The number of nitrogens with one attached hydrogen (secondary N) is 1. The molecule has 116 valence electrons. The van der Waals surface area contributed by atoms with E-state index in [0.29, 0.717) is 11.3 Å². The number of benzene rings is 1. The van der Waals surface area contributed by atoms with Crippen molar-refractivity contribution < 1.29 is 4.79 Å². The van der Waals surface area contributed by atoms with Gasteiger partial charge in [-0.3, -0.25) is 9.59 Å². The highest BCUT2D eigenvalue weighted by Gasteiger charge is 2.24. The summed E-state index contributed by atoms with van der Waals surface area (Å²) < 4.78 is 0. The zero-order chi connectivity index (χ0) is 15.7. The first-order valence-electron chi connectivity index (χ1n) is 8.04. The Kier molecular flexibility index (Phi) is 4.01. The third-order valence-electron chi connectivity index (χ3n) is 4.56. The van der Waals surface area contributed by atoms with Crippen molar-refractivity contribution in [1.29, 1.82) is 0 Å². The van der Waals surface area contributed by atoms with Crippen LogP contribution in [-0.2, 0) is 6.42 Å². The number of pyridine rings is 1. The Morgan fingerprint density at radius 1 is 1.41 bits per heavy atom. The molecule has 1 atom stereocenters. The number of piperidine rings is 1. The third-order valence-corrected chi connectivity index (χ3v) is 4.56. The van der Waals surface area contributed by atoms with Crippen molar-refractivity contribution in [1.82, 2.24) is 9.88 Å². The standard InChI is InChI=1S/C18H22N2O2/c1-3-13-7-4-8-14-16(13)19-10-15(17(14)21)18(22)20-9-5-6-12(2)11-20/h4,7-8,10,12H,3,5-6,9,11H2,1-2H3,(H,19,21)/t12-/m1/s1. The van der Waals surface area contributed by atoms with Crippen LogP contribution >= 0.6 is 0 Å². The number of hydrogen-bond donors (Lipinski definition) is 1. The van der Waals surface area contributed by atoms with E-state index in [1.54, 1.807) is 12.3 Å². The van der Waals surface area contributed by atoms with E-state index in [4.69, 9.17) is 0 Å². The Morgan fingerprint density at radius 2 is 2.23 bits per heavy atom. The van der Waals surface area contributed by atoms with Crippen molar-refractivity contribution in [2.75, 3.05) is 13.1 Å². The number of para-hydroxylation sites is 1. The van der Waals surface area contributed by atoms with E-state index >= 15 is 0 Å². The summed E-state index contributed by atoms with van der Waals surface area (Å²) in [4.78, 5) is 30.3. The van der Waals surface area contributed by atoms with Crippen LogP contribution in [0.2, 0.25) is 0 Å². The first-order valence-corrected chi connectivity index (χ1v) is 8.04.